The molecule has 2 aliphatic rings. The van der Waals surface area contributed by atoms with Crippen LogP contribution in [0.3, 0.4) is 0 Å². The topological polar surface area (TPSA) is 74.0 Å². The molecule has 2 atom stereocenters. The van der Waals surface area contributed by atoms with Gasteiger partial charge in [-0.15, -0.1) is 10.2 Å². The van der Waals surface area contributed by atoms with Crippen molar-refractivity contribution in [2.75, 3.05) is 5.32 Å². The highest BCUT2D eigenvalue weighted by atomic mass is 79.9. The number of ketones is 1. The van der Waals surface area contributed by atoms with Gasteiger partial charge in [-0.3, -0.25) is 4.79 Å². The maximum Gasteiger partial charge on any atom is 0.218 e. The van der Waals surface area contributed by atoms with Gasteiger partial charge in [0.15, 0.2) is 11.5 Å². The molecule has 0 saturated heterocycles. The predicted molar refractivity (Wildman–Crippen MR) is 95.3 cm³/mol. The number of carbonyl (C=O) groups is 1. The number of aliphatic hydroxyl groups excluding tert-OH is 1. The molecule has 2 N–H and O–H groups in total. The van der Waals surface area contributed by atoms with Gasteiger partial charge in [-0.2, -0.15) is 0 Å². The van der Waals surface area contributed by atoms with E-state index in [1.54, 1.807) is 0 Å². The van der Waals surface area contributed by atoms with Crippen LogP contribution in [-0.2, 0) is 4.79 Å². The van der Waals surface area contributed by atoms with E-state index in [-0.39, 0.29) is 34.2 Å². The Morgan fingerprint density at radius 2 is 2.04 bits per heavy atom. The fourth-order valence-electron chi connectivity index (χ4n) is 3.16. The third-order valence-electron chi connectivity index (χ3n) is 4.25. The van der Waals surface area contributed by atoms with Crippen LogP contribution in [0.1, 0.15) is 25.7 Å². The summed E-state index contributed by atoms with van der Waals surface area (Å²) in [5, 5.41) is 21.1. The van der Waals surface area contributed by atoms with Gasteiger partial charge in [0.2, 0.25) is 5.11 Å². The van der Waals surface area contributed by atoms with Crippen molar-refractivity contribution in [2.24, 2.45) is 22.1 Å². The minimum absolute atomic E-state index is 0.0697. The number of azo groups is 1. The molecule has 5 nitrogen and oxygen atoms in total. The highest BCUT2D eigenvalue weighted by Gasteiger charge is 2.43. The smallest absolute Gasteiger partial charge is 0.218 e. The van der Waals surface area contributed by atoms with E-state index >= 15 is 0 Å². The fraction of sp³-hybridized carbons (Fsp3) is 0.375. The number of hydrogen-bond acceptors (Lipinski definition) is 4. The number of fused-ring (bicyclic) bond motifs is 1. The van der Waals surface area contributed by atoms with Crippen LogP contribution in [0.5, 0.6) is 0 Å². The first-order valence-corrected chi connectivity index (χ1v) is 8.72. The maximum atomic E-state index is 12.3. The highest BCUT2D eigenvalue weighted by Crippen LogP contribution is 2.42. The molecule has 0 aliphatic heterocycles. The number of thiocarbonyl (C=S) groups is 1. The molecule has 2 aliphatic carbocycles. The van der Waals surface area contributed by atoms with Gasteiger partial charge in [0.1, 0.15) is 5.76 Å². The Morgan fingerprint density at radius 1 is 1.30 bits per heavy atom. The summed E-state index contributed by atoms with van der Waals surface area (Å²) in [5.74, 6) is -0.254. The predicted octanol–water partition coefficient (Wildman–Crippen LogP) is 4.76. The van der Waals surface area contributed by atoms with E-state index in [0.717, 1.165) is 35.8 Å². The van der Waals surface area contributed by atoms with Gasteiger partial charge >= 0.3 is 0 Å². The number of halogens is 1. The van der Waals surface area contributed by atoms with Crippen molar-refractivity contribution in [3.8, 4) is 0 Å². The zero-order valence-corrected chi connectivity index (χ0v) is 14.7. The first kappa shape index (κ1) is 16.3. The average molecular weight is 394 g/mol. The van der Waals surface area contributed by atoms with Gasteiger partial charge in [-0.05, 0) is 43.3 Å². The second kappa shape index (κ2) is 6.88. The molecule has 1 aromatic carbocycles. The van der Waals surface area contributed by atoms with Gasteiger partial charge in [0, 0.05) is 22.0 Å². The summed E-state index contributed by atoms with van der Waals surface area (Å²) in [7, 11) is 0. The van der Waals surface area contributed by atoms with E-state index in [2.05, 4.69) is 31.5 Å². The van der Waals surface area contributed by atoms with Gasteiger partial charge in [-0.1, -0.05) is 34.8 Å². The van der Waals surface area contributed by atoms with E-state index in [1.807, 2.05) is 24.3 Å². The van der Waals surface area contributed by atoms with Crippen LogP contribution in [0, 0.1) is 11.8 Å². The average Bonchev–Trinajstić information content (AvgIpc) is 2.77. The molecular weight excluding hydrogens is 378 g/mol. The molecule has 7 heteroatoms. The number of hydrogen-bond donors (Lipinski definition) is 2. The zero-order chi connectivity index (χ0) is 16.4. The summed E-state index contributed by atoms with van der Waals surface area (Å²) in [4.78, 5) is 12.3. The lowest BCUT2D eigenvalue weighted by atomic mass is 9.80. The number of anilines is 1. The molecule has 1 fully saturated rings. The molecule has 0 aromatic heterocycles. The number of Topliss-reactive ketones (excluding diaryl/α,β-unsaturated/α-hetero) is 1. The molecule has 0 amide bonds. The molecule has 3 rings (SSSR count). The first-order valence-electron chi connectivity index (χ1n) is 7.52. The Balaban J connectivity index is 1.70. The second-order valence-electron chi connectivity index (χ2n) is 5.74. The maximum absolute atomic E-state index is 12.3. The Labute approximate surface area is 148 Å². The molecule has 0 spiro atoms. The van der Waals surface area contributed by atoms with Crippen molar-refractivity contribution in [1.29, 1.82) is 0 Å². The number of carbonyl (C=O) groups excluding carboxylic acids is 1. The molecule has 0 radical (unpaired) electrons. The van der Waals surface area contributed by atoms with E-state index in [0.29, 0.717) is 0 Å². The Hall–Kier alpha value is -1.60. The van der Waals surface area contributed by atoms with Gasteiger partial charge < -0.3 is 10.4 Å². The molecule has 2 unspecified atom stereocenters. The van der Waals surface area contributed by atoms with Crippen LogP contribution in [-0.4, -0.2) is 16.0 Å². The van der Waals surface area contributed by atoms with Crippen LogP contribution >= 0.6 is 28.1 Å². The normalized spacial score (nSPS) is 24.1. The van der Waals surface area contributed by atoms with Crippen molar-refractivity contribution in [3.05, 3.63) is 40.2 Å². The Bertz CT molecular complexity index is 717. The summed E-state index contributed by atoms with van der Waals surface area (Å²) >= 11 is 8.49. The van der Waals surface area contributed by atoms with E-state index in [1.165, 1.54) is 0 Å². The SMILES string of the molecule is O=C1C(N=NC(=S)Nc2cccc(Br)c2)=C(O)C2CCCCC12. The molecule has 0 heterocycles. The summed E-state index contributed by atoms with van der Waals surface area (Å²) in [6, 6.07) is 7.47. The van der Waals surface area contributed by atoms with Crippen molar-refractivity contribution in [3.63, 3.8) is 0 Å². The van der Waals surface area contributed by atoms with E-state index < -0.39 is 0 Å². The minimum atomic E-state index is -0.135. The van der Waals surface area contributed by atoms with Gasteiger partial charge in [0.25, 0.3) is 0 Å². The lowest BCUT2D eigenvalue weighted by Crippen LogP contribution is -2.21. The quantitative estimate of drug-likeness (QED) is 0.561. The van der Waals surface area contributed by atoms with Crippen molar-refractivity contribution < 1.29 is 9.90 Å². The number of aliphatic hydroxyl groups is 1. The standard InChI is InChI=1S/C16H16BrN3O2S/c17-9-4-3-5-10(8-9)18-16(23)20-19-13-14(21)11-6-1-2-7-12(11)15(13)22/h3-5,8,11-12,21H,1-2,6-7H2,(H,18,23). The van der Waals surface area contributed by atoms with E-state index in [4.69, 9.17) is 12.2 Å². The molecular formula is C16H16BrN3O2S. The molecule has 1 aromatic rings. The molecule has 23 heavy (non-hydrogen) atoms. The number of rotatable bonds is 2. The largest absolute Gasteiger partial charge is 0.510 e. The Morgan fingerprint density at radius 3 is 2.74 bits per heavy atom. The zero-order valence-electron chi connectivity index (χ0n) is 12.3. The first-order chi connectivity index (χ1) is 11.1. The van der Waals surface area contributed by atoms with Gasteiger partial charge in [0.05, 0.1) is 0 Å². The van der Waals surface area contributed by atoms with Crippen LogP contribution in [0.15, 0.2) is 50.4 Å². The van der Waals surface area contributed by atoms with Crippen molar-refractivity contribution in [1.82, 2.24) is 0 Å². The Kier molecular flexibility index (Phi) is 4.87. The highest BCUT2D eigenvalue weighted by molar-refractivity contribution is 9.10. The van der Waals surface area contributed by atoms with Crippen molar-refractivity contribution in [2.45, 2.75) is 25.7 Å². The van der Waals surface area contributed by atoms with Crippen LogP contribution < -0.4 is 5.32 Å². The molecule has 120 valence electrons. The summed E-state index contributed by atoms with van der Waals surface area (Å²) < 4.78 is 0.914. The number of allylic oxidation sites excluding steroid dienone is 2. The lowest BCUT2D eigenvalue weighted by molar-refractivity contribution is -0.120. The molecule has 1 saturated carbocycles. The summed E-state index contributed by atoms with van der Waals surface area (Å²) in [5.41, 5.74) is 0.841. The molecule has 0 bridgehead atoms. The third-order valence-corrected chi connectivity index (χ3v) is 4.92. The number of nitrogens with zero attached hydrogens (tertiary/aromatic N) is 2. The van der Waals surface area contributed by atoms with E-state index in [9.17, 15) is 9.90 Å². The van der Waals surface area contributed by atoms with Crippen LogP contribution in [0.2, 0.25) is 0 Å². The lowest BCUT2D eigenvalue weighted by Gasteiger charge is -2.23. The minimum Gasteiger partial charge on any atom is -0.510 e. The second-order valence-corrected chi connectivity index (χ2v) is 7.04. The van der Waals surface area contributed by atoms with Crippen LogP contribution in [0.4, 0.5) is 5.69 Å². The van der Waals surface area contributed by atoms with Crippen molar-refractivity contribution >= 4 is 44.7 Å². The van der Waals surface area contributed by atoms with Gasteiger partial charge in [-0.25, -0.2) is 0 Å². The monoisotopic (exact) mass is 393 g/mol. The fourth-order valence-corrected chi connectivity index (χ4v) is 3.72. The summed E-state index contributed by atoms with van der Waals surface area (Å²) in [6.07, 6.45) is 3.70. The van der Waals surface area contributed by atoms with Crippen LogP contribution in [0.25, 0.3) is 0 Å². The number of benzene rings is 1. The summed E-state index contributed by atoms with van der Waals surface area (Å²) in [6.45, 7) is 0. The third kappa shape index (κ3) is 3.50. The number of nitrogens with one attached hydrogen (secondary N) is 1.